The predicted molar refractivity (Wildman–Crippen MR) is 111 cm³/mol. The molecule has 6 nitrogen and oxygen atoms in total. The summed E-state index contributed by atoms with van der Waals surface area (Å²) in [6, 6.07) is 10.9. The summed E-state index contributed by atoms with van der Waals surface area (Å²) < 4.78 is 6.74. The van der Waals surface area contributed by atoms with Crippen LogP contribution in [0.1, 0.15) is 45.7 Å². The highest BCUT2D eigenvalue weighted by atomic mass is 32.1. The van der Waals surface area contributed by atoms with E-state index in [0.29, 0.717) is 21.7 Å². The van der Waals surface area contributed by atoms with Crippen molar-refractivity contribution < 1.29 is 9.53 Å². The van der Waals surface area contributed by atoms with Crippen LogP contribution in [0.25, 0.3) is 10.9 Å². The number of nitriles is 1. The van der Waals surface area contributed by atoms with E-state index in [-0.39, 0.29) is 24.5 Å². The number of carbonyl (C=O) groups is 1. The number of fused-ring (bicyclic) bond motifs is 2. The van der Waals surface area contributed by atoms with Crippen LogP contribution in [0.2, 0.25) is 0 Å². The lowest BCUT2D eigenvalue weighted by atomic mass is 9.87. The molecule has 3 aromatic rings. The lowest BCUT2D eigenvalue weighted by molar-refractivity contribution is 0.0463. The van der Waals surface area contributed by atoms with Crippen LogP contribution < -0.4 is 5.56 Å². The molecule has 0 aliphatic heterocycles. The zero-order valence-corrected chi connectivity index (χ0v) is 17.0. The smallest absolute Gasteiger partial charge is 0.348 e. The fourth-order valence-electron chi connectivity index (χ4n) is 3.81. The molecule has 0 radical (unpaired) electrons. The molecule has 148 valence electrons. The monoisotopic (exact) mass is 407 g/mol. The topological polar surface area (TPSA) is 85.0 Å². The normalized spacial score (nSPS) is 15.7. The Morgan fingerprint density at radius 3 is 3.03 bits per heavy atom. The van der Waals surface area contributed by atoms with Gasteiger partial charge in [-0.3, -0.25) is 9.36 Å². The Hall–Kier alpha value is -2.98. The highest BCUT2D eigenvalue weighted by Gasteiger charge is 2.23. The van der Waals surface area contributed by atoms with Gasteiger partial charge in [-0.05, 0) is 48.9 Å². The summed E-state index contributed by atoms with van der Waals surface area (Å²) in [7, 11) is 0. The molecule has 2 aromatic heterocycles. The summed E-state index contributed by atoms with van der Waals surface area (Å²) in [5.41, 5.74) is 1.47. The number of aromatic nitrogens is 2. The molecule has 0 N–H and O–H groups in total. The van der Waals surface area contributed by atoms with E-state index < -0.39 is 5.97 Å². The van der Waals surface area contributed by atoms with Crippen LogP contribution >= 0.6 is 11.3 Å². The number of aryl methyl sites for hydroxylation is 1. The minimum atomic E-state index is -0.414. The van der Waals surface area contributed by atoms with Crippen LogP contribution in [-0.2, 0) is 30.7 Å². The molecule has 0 saturated heterocycles. The molecule has 1 atom stereocenters. The SMILES string of the molecule is CC[C@@H]1CCc2sc(C(=O)OCc3nc4ccccc4c(=O)n3CC#N)cc2C1. The zero-order valence-electron chi connectivity index (χ0n) is 16.2. The Kier molecular flexibility index (Phi) is 5.45. The molecule has 0 fully saturated rings. The van der Waals surface area contributed by atoms with Gasteiger partial charge >= 0.3 is 5.97 Å². The van der Waals surface area contributed by atoms with Crippen LogP contribution in [0.4, 0.5) is 0 Å². The number of hydrogen-bond donors (Lipinski definition) is 0. The van der Waals surface area contributed by atoms with E-state index in [9.17, 15) is 9.59 Å². The van der Waals surface area contributed by atoms with Crippen molar-refractivity contribution in [3.05, 3.63) is 61.8 Å². The van der Waals surface area contributed by atoms with E-state index in [1.807, 2.05) is 12.1 Å². The van der Waals surface area contributed by atoms with Gasteiger partial charge in [0.25, 0.3) is 5.56 Å². The lowest BCUT2D eigenvalue weighted by Crippen LogP contribution is -2.26. The van der Waals surface area contributed by atoms with Gasteiger partial charge in [0, 0.05) is 4.88 Å². The first-order valence-electron chi connectivity index (χ1n) is 9.74. The Morgan fingerprint density at radius 1 is 1.41 bits per heavy atom. The van der Waals surface area contributed by atoms with Gasteiger partial charge in [-0.1, -0.05) is 25.5 Å². The van der Waals surface area contributed by atoms with Crippen LogP contribution in [0.3, 0.4) is 0 Å². The minimum absolute atomic E-state index is 0.144. The summed E-state index contributed by atoms with van der Waals surface area (Å²) in [4.78, 5) is 31.6. The molecule has 1 aliphatic carbocycles. The second-order valence-electron chi connectivity index (χ2n) is 7.25. The highest BCUT2D eigenvalue weighted by molar-refractivity contribution is 7.14. The third-order valence-corrected chi connectivity index (χ3v) is 6.68. The molecular formula is C22H21N3O3S. The molecule has 0 unspecified atom stereocenters. The number of esters is 1. The maximum atomic E-state index is 12.7. The number of carbonyl (C=O) groups excluding carboxylic acids is 1. The number of rotatable bonds is 5. The van der Waals surface area contributed by atoms with E-state index in [2.05, 4.69) is 11.9 Å². The first-order chi connectivity index (χ1) is 14.1. The van der Waals surface area contributed by atoms with Crippen molar-refractivity contribution in [2.75, 3.05) is 0 Å². The Morgan fingerprint density at radius 2 is 2.24 bits per heavy atom. The molecule has 0 amide bonds. The first-order valence-corrected chi connectivity index (χ1v) is 10.6. The van der Waals surface area contributed by atoms with E-state index in [0.717, 1.165) is 19.3 Å². The highest BCUT2D eigenvalue weighted by Crippen LogP contribution is 2.33. The lowest BCUT2D eigenvalue weighted by Gasteiger charge is -2.19. The van der Waals surface area contributed by atoms with Gasteiger partial charge in [0.1, 0.15) is 18.0 Å². The number of thiophene rings is 1. The van der Waals surface area contributed by atoms with E-state index in [1.54, 1.807) is 24.3 Å². The number of para-hydroxylation sites is 1. The van der Waals surface area contributed by atoms with Crippen LogP contribution in [0.5, 0.6) is 0 Å². The van der Waals surface area contributed by atoms with Crippen molar-refractivity contribution >= 4 is 28.2 Å². The third-order valence-electron chi connectivity index (χ3n) is 5.47. The van der Waals surface area contributed by atoms with Crippen LogP contribution in [0.15, 0.2) is 35.1 Å². The number of hydrogen-bond acceptors (Lipinski definition) is 6. The van der Waals surface area contributed by atoms with Crippen molar-refractivity contribution in [3.63, 3.8) is 0 Å². The van der Waals surface area contributed by atoms with Gasteiger partial charge in [-0.25, -0.2) is 9.78 Å². The molecule has 1 aromatic carbocycles. The number of benzene rings is 1. The number of ether oxygens (including phenoxy) is 1. The Labute approximate surface area is 172 Å². The van der Waals surface area contributed by atoms with Crippen LogP contribution in [-0.4, -0.2) is 15.5 Å². The van der Waals surface area contributed by atoms with Crippen molar-refractivity contribution in [1.29, 1.82) is 5.26 Å². The summed E-state index contributed by atoms with van der Waals surface area (Å²) in [6.45, 7) is 1.91. The summed E-state index contributed by atoms with van der Waals surface area (Å²) >= 11 is 1.50. The second-order valence-corrected chi connectivity index (χ2v) is 8.38. The Balaban J connectivity index is 1.56. The van der Waals surface area contributed by atoms with Gasteiger partial charge in [0.15, 0.2) is 5.82 Å². The summed E-state index contributed by atoms with van der Waals surface area (Å²) in [6.07, 6.45) is 4.35. The molecular weight excluding hydrogens is 386 g/mol. The predicted octanol–water partition coefficient (Wildman–Crippen LogP) is 3.85. The Bertz CT molecular complexity index is 1170. The third kappa shape index (κ3) is 3.81. The van der Waals surface area contributed by atoms with Gasteiger partial charge in [0.05, 0.1) is 17.0 Å². The fraction of sp³-hybridized carbons (Fsp3) is 0.364. The first kappa shape index (κ1) is 19.3. The van der Waals surface area contributed by atoms with E-state index in [1.165, 1.54) is 32.8 Å². The van der Waals surface area contributed by atoms with Crippen LogP contribution in [0, 0.1) is 17.2 Å². The van der Waals surface area contributed by atoms with Crippen molar-refractivity contribution in [2.45, 2.75) is 45.8 Å². The molecule has 7 heteroatoms. The molecule has 1 aliphatic rings. The van der Waals surface area contributed by atoms with E-state index in [4.69, 9.17) is 10.00 Å². The second kappa shape index (κ2) is 8.18. The standard InChI is InChI=1S/C22H21N3O3S/c1-2-14-7-8-18-15(11-14)12-19(29-18)22(27)28-13-20-24-17-6-4-3-5-16(17)21(26)25(20)10-9-23/h3-6,12,14H,2,7-8,10-11,13H2,1H3/t14-/m1/s1. The summed E-state index contributed by atoms with van der Waals surface area (Å²) in [5.74, 6) is 0.544. The molecule has 0 bridgehead atoms. The molecule has 0 saturated carbocycles. The maximum absolute atomic E-state index is 12.7. The molecule has 4 rings (SSSR count). The number of nitrogens with zero attached hydrogens (tertiary/aromatic N) is 3. The van der Waals surface area contributed by atoms with Gasteiger partial charge in [-0.2, -0.15) is 5.26 Å². The quantitative estimate of drug-likeness (QED) is 0.600. The van der Waals surface area contributed by atoms with Crippen molar-refractivity contribution in [1.82, 2.24) is 9.55 Å². The minimum Gasteiger partial charge on any atom is -0.453 e. The van der Waals surface area contributed by atoms with Crippen molar-refractivity contribution in [2.24, 2.45) is 5.92 Å². The molecule has 29 heavy (non-hydrogen) atoms. The summed E-state index contributed by atoms with van der Waals surface area (Å²) in [5, 5.41) is 9.53. The van der Waals surface area contributed by atoms with E-state index >= 15 is 0 Å². The molecule has 0 spiro atoms. The largest absolute Gasteiger partial charge is 0.453 e. The molecule has 2 heterocycles. The fourth-order valence-corrected chi connectivity index (χ4v) is 4.91. The van der Waals surface area contributed by atoms with Gasteiger partial charge in [0.2, 0.25) is 0 Å². The van der Waals surface area contributed by atoms with Crippen molar-refractivity contribution in [3.8, 4) is 6.07 Å². The van der Waals surface area contributed by atoms with Gasteiger partial charge in [-0.15, -0.1) is 11.3 Å². The maximum Gasteiger partial charge on any atom is 0.348 e. The van der Waals surface area contributed by atoms with Gasteiger partial charge < -0.3 is 4.74 Å². The average molecular weight is 407 g/mol. The average Bonchev–Trinajstić information content (AvgIpc) is 3.17. The zero-order chi connectivity index (χ0) is 20.4.